The zero-order valence-electron chi connectivity index (χ0n) is 35.1. The van der Waals surface area contributed by atoms with E-state index in [1.165, 1.54) is 107 Å². The van der Waals surface area contributed by atoms with Crippen LogP contribution in [0.1, 0.15) is 123 Å². The highest BCUT2D eigenvalue weighted by Crippen LogP contribution is 2.37. The maximum absolute atomic E-state index is 13.1. The summed E-state index contributed by atoms with van der Waals surface area (Å²) in [4.78, 5) is 46.6. The molecule has 0 aliphatic carbocycles. The molecule has 61 heavy (non-hydrogen) atoms. The number of hydrogen-bond acceptors (Lipinski definition) is 10. The van der Waals surface area contributed by atoms with E-state index in [9.17, 15) is 19.7 Å². The fourth-order valence-electron chi connectivity index (χ4n) is 6.27. The van der Waals surface area contributed by atoms with Crippen LogP contribution in [0.3, 0.4) is 0 Å². The largest absolute Gasteiger partial charge is 0.494 e. The van der Waals surface area contributed by atoms with Gasteiger partial charge in [0.25, 0.3) is 0 Å². The molecular weight excluding hydrogens is 771 g/mol. The summed E-state index contributed by atoms with van der Waals surface area (Å²) in [6.07, 6.45) is 17.8. The van der Waals surface area contributed by atoms with Crippen molar-refractivity contribution in [2.45, 2.75) is 90.9 Å². The van der Waals surface area contributed by atoms with Gasteiger partial charge in [0.2, 0.25) is 11.5 Å². The smallest absolute Gasteiger partial charge is 0.353 e. The van der Waals surface area contributed by atoms with E-state index >= 15 is 0 Å². The summed E-state index contributed by atoms with van der Waals surface area (Å²) in [6, 6.07) is 31.9. The summed E-state index contributed by atoms with van der Waals surface area (Å²) in [5, 5.41) is 12.2. The van der Waals surface area contributed by atoms with E-state index in [2.05, 4.69) is 23.8 Å². The van der Waals surface area contributed by atoms with Gasteiger partial charge in [-0.2, -0.15) is 0 Å². The number of nitro groups is 1. The molecule has 0 atom stereocenters. The third-order valence-electron chi connectivity index (χ3n) is 9.77. The summed E-state index contributed by atoms with van der Waals surface area (Å²) in [7, 11) is 0. The van der Waals surface area contributed by atoms with Gasteiger partial charge in [0, 0.05) is 12.4 Å². The zero-order valence-corrected chi connectivity index (χ0v) is 35.1. The molecule has 11 heteroatoms. The first-order valence-electron chi connectivity index (χ1n) is 21.3. The lowest BCUT2D eigenvalue weighted by atomic mass is 10.1. The highest BCUT2D eigenvalue weighted by molar-refractivity contribution is 5.94. The Labute approximate surface area is 358 Å². The van der Waals surface area contributed by atoms with Crippen LogP contribution in [0.4, 0.5) is 17.1 Å². The van der Waals surface area contributed by atoms with Gasteiger partial charge in [0.15, 0.2) is 0 Å². The number of hydrogen-bond donors (Lipinski definition) is 0. The van der Waals surface area contributed by atoms with E-state index < -0.39 is 22.5 Å². The van der Waals surface area contributed by atoms with Gasteiger partial charge in [-0.25, -0.2) is 9.59 Å². The number of nitro benzene ring substituents is 1. The van der Waals surface area contributed by atoms with Crippen LogP contribution in [-0.2, 0) is 0 Å². The maximum atomic E-state index is 13.1. The summed E-state index contributed by atoms with van der Waals surface area (Å²) in [5.74, 6) is -0.778. The first kappa shape index (κ1) is 45.5. The van der Waals surface area contributed by atoms with Crippen LogP contribution in [0.25, 0.3) is 0 Å². The fraction of sp³-hybridized carbons (Fsp3) is 0.320. The van der Waals surface area contributed by atoms with Crippen molar-refractivity contribution < 1.29 is 33.5 Å². The molecule has 0 amide bonds. The second-order valence-electron chi connectivity index (χ2n) is 14.6. The number of carbonyl (C=O) groups is 2. The van der Waals surface area contributed by atoms with Crippen molar-refractivity contribution in [2.24, 2.45) is 9.98 Å². The van der Waals surface area contributed by atoms with E-state index in [0.29, 0.717) is 13.2 Å². The Bertz CT molecular complexity index is 2040. The Hall–Kier alpha value is -6.62. The van der Waals surface area contributed by atoms with Gasteiger partial charge in [-0.3, -0.25) is 20.1 Å². The van der Waals surface area contributed by atoms with Crippen LogP contribution in [0, 0.1) is 10.1 Å². The molecule has 0 radical (unpaired) electrons. The second-order valence-corrected chi connectivity index (χ2v) is 14.6. The third-order valence-corrected chi connectivity index (χ3v) is 9.77. The van der Waals surface area contributed by atoms with Gasteiger partial charge >= 0.3 is 17.6 Å². The Morgan fingerprint density at radius 2 is 0.902 bits per heavy atom. The monoisotopic (exact) mass is 825 g/mol. The van der Waals surface area contributed by atoms with Crippen molar-refractivity contribution in [3.05, 3.63) is 148 Å². The van der Waals surface area contributed by atoms with Crippen LogP contribution in [0.2, 0.25) is 0 Å². The quantitative estimate of drug-likeness (QED) is 0.0141. The number of unbranched alkanes of at least 4 members (excludes halogenated alkanes) is 10. The number of para-hydroxylation sites is 1. The molecule has 5 rings (SSSR count). The molecule has 5 aromatic carbocycles. The molecule has 0 saturated carbocycles. The van der Waals surface area contributed by atoms with Crippen molar-refractivity contribution in [1.82, 2.24) is 0 Å². The number of aliphatic imine (C=N–C) groups is 2. The van der Waals surface area contributed by atoms with Crippen molar-refractivity contribution in [1.29, 1.82) is 0 Å². The Balaban J connectivity index is 1.10. The molecule has 11 nitrogen and oxygen atoms in total. The minimum Gasteiger partial charge on any atom is -0.494 e. The average molecular weight is 826 g/mol. The predicted molar refractivity (Wildman–Crippen MR) is 241 cm³/mol. The zero-order chi connectivity index (χ0) is 43.1. The average Bonchev–Trinajstić information content (AvgIpc) is 3.28. The number of benzene rings is 5. The summed E-state index contributed by atoms with van der Waals surface area (Å²) in [5.41, 5.74) is 2.61. The van der Waals surface area contributed by atoms with Crippen molar-refractivity contribution in [2.75, 3.05) is 13.2 Å². The lowest BCUT2D eigenvalue weighted by molar-refractivity contribution is -0.386. The Kier molecular flexibility index (Phi) is 18.7. The van der Waals surface area contributed by atoms with Gasteiger partial charge in [-0.05, 0) is 109 Å². The van der Waals surface area contributed by atoms with Gasteiger partial charge in [-0.1, -0.05) is 108 Å². The highest BCUT2D eigenvalue weighted by atomic mass is 16.6. The topological polar surface area (TPSA) is 139 Å². The standard InChI is InChI=1S/C50H55N3O8/c1-3-5-7-9-11-13-34-58-44-30-26-42(27-31-44)51-36-38-18-22-40(23-19-38)49(54)60-46-16-15-17-47(48(46)53(56)57)61-50(55)41-24-20-39(21-25-41)37-52-43-28-32-45(33-29-43)59-35-14-12-10-8-6-4-2/h15-33,36-37H,3-14,34-35H2,1-2H3. The van der Waals surface area contributed by atoms with Crippen LogP contribution < -0.4 is 18.9 Å². The van der Waals surface area contributed by atoms with Crippen LogP contribution >= 0.6 is 0 Å². The first-order chi connectivity index (χ1) is 29.8. The third kappa shape index (κ3) is 15.5. The SMILES string of the molecule is CCCCCCCCOc1ccc(N=Cc2ccc(C(=O)Oc3cccc(OC(=O)c4ccc(C=Nc5ccc(OCCCCCCCC)cc5)cc4)c3[N+](=O)[O-])cc2)cc1. The summed E-state index contributed by atoms with van der Waals surface area (Å²) < 4.78 is 22.6. The van der Waals surface area contributed by atoms with Crippen molar-refractivity contribution in [3.8, 4) is 23.0 Å². The number of nitrogens with zero attached hydrogens (tertiary/aromatic N) is 3. The van der Waals surface area contributed by atoms with E-state index in [4.69, 9.17) is 18.9 Å². The normalized spacial score (nSPS) is 11.2. The Morgan fingerprint density at radius 1 is 0.525 bits per heavy atom. The van der Waals surface area contributed by atoms with E-state index in [1.54, 1.807) is 36.7 Å². The number of ether oxygens (including phenoxy) is 4. The molecule has 5 aromatic rings. The fourth-order valence-corrected chi connectivity index (χ4v) is 6.27. The summed E-state index contributed by atoms with van der Waals surface area (Å²) >= 11 is 0. The molecule has 0 N–H and O–H groups in total. The molecular formula is C50H55N3O8. The molecule has 0 unspecified atom stereocenters. The molecule has 0 aromatic heterocycles. The molecule has 0 saturated heterocycles. The molecule has 0 bridgehead atoms. The van der Waals surface area contributed by atoms with Crippen molar-refractivity contribution >= 4 is 41.4 Å². The van der Waals surface area contributed by atoms with Crippen molar-refractivity contribution in [3.63, 3.8) is 0 Å². The van der Waals surface area contributed by atoms with Gasteiger partial charge in [-0.15, -0.1) is 0 Å². The molecule has 318 valence electrons. The molecule has 0 aliphatic rings. The number of rotatable bonds is 25. The van der Waals surface area contributed by atoms with Gasteiger partial charge < -0.3 is 18.9 Å². The second kappa shape index (κ2) is 25.1. The van der Waals surface area contributed by atoms with Crippen LogP contribution in [0.15, 0.2) is 125 Å². The van der Waals surface area contributed by atoms with E-state index in [-0.39, 0.29) is 22.6 Å². The lowest BCUT2D eigenvalue weighted by Gasteiger charge is -2.09. The number of carbonyl (C=O) groups excluding carboxylic acids is 2. The Morgan fingerprint density at radius 3 is 1.28 bits per heavy atom. The molecule has 0 fully saturated rings. The lowest BCUT2D eigenvalue weighted by Crippen LogP contribution is -2.12. The number of esters is 2. The van der Waals surface area contributed by atoms with Crippen LogP contribution in [0.5, 0.6) is 23.0 Å². The summed E-state index contributed by atoms with van der Waals surface area (Å²) in [6.45, 7) is 5.80. The first-order valence-corrected chi connectivity index (χ1v) is 21.3. The molecule has 0 heterocycles. The maximum Gasteiger partial charge on any atom is 0.353 e. The molecule has 0 aliphatic heterocycles. The highest BCUT2D eigenvalue weighted by Gasteiger charge is 2.27. The van der Waals surface area contributed by atoms with Crippen LogP contribution in [-0.4, -0.2) is 42.5 Å². The van der Waals surface area contributed by atoms with E-state index in [0.717, 1.165) is 46.8 Å². The molecule has 0 spiro atoms. The van der Waals surface area contributed by atoms with E-state index in [1.807, 2.05) is 48.5 Å². The predicted octanol–water partition coefficient (Wildman–Crippen LogP) is 13.0. The minimum atomic E-state index is -0.823. The van der Waals surface area contributed by atoms with Gasteiger partial charge in [0.05, 0.1) is 40.6 Å². The van der Waals surface area contributed by atoms with Gasteiger partial charge in [0.1, 0.15) is 11.5 Å². The minimum absolute atomic E-state index is 0.161.